The van der Waals surface area contributed by atoms with Crippen LogP contribution in [0.25, 0.3) is 0 Å². The summed E-state index contributed by atoms with van der Waals surface area (Å²) in [6.07, 6.45) is 7.62. The number of rotatable bonds is 3. The van der Waals surface area contributed by atoms with Crippen LogP contribution >= 0.6 is 0 Å². The van der Waals surface area contributed by atoms with E-state index in [1.165, 1.54) is 77.8 Å². The lowest BCUT2D eigenvalue weighted by molar-refractivity contribution is 0.195. The first-order valence-corrected chi connectivity index (χ1v) is 11.2. The molecule has 0 bridgehead atoms. The van der Waals surface area contributed by atoms with Gasteiger partial charge in [-0.1, -0.05) is 0 Å². The van der Waals surface area contributed by atoms with Gasteiger partial charge in [-0.25, -0.2) is 0 Å². The Morgan fingerprint density at radius 1 is 0.385 bits per heavy atom. The highest BCUT2D eigenvalue weighted by Gasteiger charge is 2.10. The highest BCUT2D eigenvalue weighted by atomic mass is 15.2. The third-order valence-electron chi connectivity index (χ3n) is 5.46. The van der Waals surface area contributed by atoms with Crippen LogP contribution in [0.4, 0.5) is 0 Å². The SMILES string of the molecule is C1CNCCCN(CCN2CCCNCCCNCCC2)CCCNC1. The molecule has 0 radical (unpaired) electrons. The van der Waals surface area contributed by atoms with E-state index in [1.807, 2.05) is 0 Å². The summed E-state index contributed by atoms with van der Waals surface area (Å²) in [4.78, 5) is 5.38. The van der Waals surface area contributed by atoms with Crippen molar-refractivity contribution in [1.29, 1.82) is 0 Å². The van der Waals surface area contributed by atoms with Crippen LogP contribution < -0.4 is 21.3 Å². The smallest absolute Gasteiger partial charge is 0.0109 e. The summed E-state index contributed by atoms with van der Waals surface area (Å²) >= 11 is 0. The maximum atomic E-state index is 3.58. The van der Waals surface area contributed by atoms with Crippen molar-refractivity contribution in [3.05, 3.63) is 0 Å². The van der Waals surface area contributed by atoms with Crippen molar-refractivity contribution in [2.24, 2.45) is 0 Å². The van der Waals surface area contributed by atoms with E-state index in [0.717, 1.165) is 52.4 Å². The van der Waals surface area contributed by atoms with E-state index >= 15 is 0 Å². The van der Waals surface area contributed by atoms with Gasteiger partial charge in [-0.2, -0.15) is 0 Å². The van der Waals surface area contributed by atoms with Gasteiger partial charge >= 0.3 is 0 Å². The lowest BCUT2D eigenvalue weighted by atomic mass is 10.2. The fraction of sp³-hybridized carbons (Fsp3) is 1.00. The highest BCUT2D eigenvalue weighted by molar-refractivity contribution is 4.68. The summed E-state index contributed by atoms with van der Waals surface area (Å²) in [5.41, 5.74) is 0. The van der Waals surface area contributed by atoms with Crippen molar-refractivity contribution in [3.63, 3.8) is 0 Å². The quantitative estimate of drug-likeness (QED) is 0.576. The third-order valence-corrected chi connectivity index (χ3v) is 5.46. The van der Waals surface area contributed by atoms with E-state index < -0.39 is 0 Å². The standard InChI is InChI=1S/C20H44N6/c1-7-21-11-3-15-25(16-4-12-22-8-1)19-20-26-17-5-13-23-9-2-10-24-14-6-18-26/h21-24H,1-20H2. The molecular weight excluding hydrogens is 324 g/mol. The van der Waals surface area contributed by atoms with Gasteiger partial charge in [-0.3, -0.25) is 0 Å². The molecule has 0 aromatic heterocycles. The first kappa shape index (κ1) is 22.1. The molecule has 0 atom stereocenters. The van der Waals surface area contributed by atoms with Gasteiger partial charge in [-0.05, 0) is 117 Å². The predicted molar refractivity (Wildman–Crippen MR) is 112 cm³/mol. The number of hydrogen-bond acceptors (Lipinski definition) is 6. The van der Waals surface area contributed by atoms with Crippen LogP contribution in [-0.4, -0.2) is 101 Å². The molecule has 0 aliphatic carbocycles. The number of hydrogen-bond donors (Lipinski definition) is 4. The molecule has 0 aromatic rings. The Kier molecular flexibility index (Phi) is 13.4. The summed E-state index contributed by atoms with van der Waals surface area (Å²) in [5, 5.41) is 14.3. The van der Waals surface area contributed by atoms with E-state index in [4.69, 9.17) is 0 Å². The van der Waals surface area contributed by atoms with Gasteiger partial charge in [0.2, 0.25) is 0 Å². The topological polar surface area (TPSA) is 54.6 Å². The Balaban J connectivity index is 1.70. The van der Waals surface area contributed by atoms with Crippen molar-refractivity contribution >= 4 is 0 Å². The average molecular weight is 369 g/mol. The van der Waals surface area contributed by atoms with Crippen molar-refractivity contribution in [2.75, 3.05) is 91.6 Å². The van der Waals surface area contributed by atoms with Crippen LogP contribution in [0.5, 0.6) is 0 Å². The average Bonchev–Trinajstić information content (AvgIpc) is 2.63. The molecule has 0 saturated carbocycles. The molecule has 4 N–H and O–H groups in total. The number of nitrogens with zero attached hydrogens (tertiary/aromatic N) is 2. The van der Waals surface area contributed by atoms with Gasteiger partial charge in [0, 0.05) is 13.1 Å². The Hall–Kier alpha value is -0.240. The Morgan fingerprint density at radius 2 is 0.654 bits per heavy atom. The lowest BCUT2D eigenvalue weighted by Gasteiger charge is -2.28. The summed E-state index contributed by atoms with van der Waals surface area (Å²) in [6.45, 7) is 16.7. The monoisotopic (exact) mass is 368 g/mol. The molecule has 0 unspecified atom stereocenters. The van der Waals surface area contributed by atoms with E-state index in [1.54, 1.807) is 0 Å². The molecule has 2 rings (SSSR count). The van der Waals surface area contributed by atoms with E-state index in [0.29, 0.717) is 0 Å². The minimum Gasteiger partial charge on any atom is -0.317 e. The molecule has 154 valence electrons. The van der Waals surface area contributed by atoms with E-state index in [2.05, 4.69) is 31.1 Å². The molecule has 2 heterocycles. The van der Waals surface area contributed by atoms with Gasteiger partial charge in [0.25, 0.3) is 0 Å². The molecule has 0 spiro atoms. The van der Waals surface area contributed by atoms with Gasteiger partial charge in [0.05, 0.1) is 0 Å². The molecule has 0 aromatic carbocycles. The zero-order chi connectivity index (χ0) is 18.1. The van der Waals surface area contributed by atoms with Crippen LogP contribution in [0.3, 0.4) is 0 Å². The second-order valence-corrected chi connectivity index (χ2v) is 7.80. The van der Waals surface area contributed by atoms with Gasteiger partial charge in [0.15, 0.2) is 0 Å². The second kappa shape index (κ2) is 15.8. The van der Waals surface area contributed by atoms with Crippen LogP contribution in [-0.2, 0) is 0 Å². The lowest BCUT2D eigenvalue weighted by Crippen LogP contribution is -2.40. The fourth-order valence-corrected chi connectivity index (χ4v) is 3.84. The van der Waals surface area contributed by atoms with Gasteiger partial charge < -0.3 is 31.1 Å². The first-order chi connectivity index (χ1) is 12.9. The van der Waals surface area contributed by atoms with Gasteiger partial charge in [0.1, 0.15) is 0 Å². The largest absolute Gasteiger partial charge is 0.317 e. The van der Waals surface area contributed by atoms with Gasteiger partial charge in [-0.15, -0.1) is 0 Å². The Labute approximate surface area is 161 Å². The van der Waals surface area contributed by atoms with Crippen molar-refractivity contribution in [1.82, 2.24) is 31.1 Å². The van der Waals surface area contributed by atoms with Crippen LogP contribution in [0.2, 0.25) is 0 Å². The Morgan fingerprint density at radius 3 is 0.962 bits per heavy atom. The minimum atomic E-state index is 1.16. The molecule has 2 aliphatic heterocycles. The van der Waals surface area contributed by atoms with Crippen molar-refractivity contribution in [3.8, 4) is 0 Å². The zero-order valence-corrected chi connectivity index (χ0v) is 17.0. The zero-order valence-electron chi connectivity index (χ0n) is 17.0. The van der Waals surface area contributed by atoms with Crippen LogP contribution in [0.15, 0.2) is 0 Å². The molecule has 2 aliphatic rings. The summed E-state index contributed by atoms with van der Waals surface area (Å²) in [6, 6.07) is 0. The summed E-state index contributed by atoms with van der Waals surface area (Å²) in [5.74, 6) is 0. The normalized spacial score (nSPS) is 25.4. The highest BCUT2D eigenvalue weighted by Crippen LogP contribution is 2.00. The Bertz CT molecular complexity index is 261. The minimum absolute atomic E-state index is 1.16. The summed E-state index contributed by atoms with van der Waals surface area (Å²) < 4.78 is 0. The summed E-state index contributed by atoms with van der Waals surface area (Å²) in [7, 11) is 0. The van der Waals surface area contributed by atoms with Crippen LogP contribution in [0.1, 0.15) is 38.5 Å². The molecule has 26 heavy (non-hydrogen) atoms. The van der Waals surface area contributed by atoms with Crippen LogP contribution in [0, 0.1) is 0 Å². The molecular formula is C20H44N6. The first-order valence-electron chi connectivity index (χ1n) is 11.2. The van der Waals surface area contributed by atoms with E-state index in [9.17, 15) is 0 Å². The molecule has 0 amide bonds. The predicted octanol–water partition coefficient (Wildman–Crippen LogP) is 0.317. The number of nitrogens with one attached hydrogen (secondary N) is 4. The maximum Gasteiger partial charge on any atom is 0.0109 e. The molecule has 2 fully saturated rings. The molecule has 6 nitrogen and oxygen atoms in total. The fourth-order valence-electron chi connectivity index (χ4n) is 3.84. The van der Waals surface area contributed by atoms with E-state index in [-0.39, 0.29) is 0 Å². The molecule has 2 saturated heterocycles. The maximum absolute atomic E-state index is 3.58. The third kappa shape index (κ3) is 11.5. The van der Waals surface area contributed by atoms with Crippen molar-refractivity contribution < 1.29 is 0 Å². The second-order valence-electron chi connectivity index (χ2n) is 7.80. The van der Waals surface area contributed by atoms with Crippen molar-refractivity contribution in [2.45, 2.75) is 38.5 Å². The molecule has 6 heteroatoms.